The second kappa shape index (κ2) is 6.64. The molecule has 160 valence electrons. The van der Waals surface area contributed by atoms with Gasteiger partial charge in [-0.3, -0.25) is 4.79 Å². The highest BCUT2D eigenvalue weighted by atomic mass is 19.1. The third kappa shape index (κ3) is 2.63. The standard InChI is InChI=1S/C20H21F2N3O5/c1-29-19-14-9(17(26)10(20(27)28)5-24(14)8-2-3-8)4-11(21)15(19)25-6-13(23)18-16(25)12(22)7-30-18/h4-5,8,12-13,16,18H,2-3,6-7,23H2,1H3,(H,27,28). The van der Waals surface area contributed by atoms with Crippen LogP contribution in [0.1, 0.15) is 29.2 Å². The van der Waals surface area contributed by atoms with Gasteiger partial charge in [0, 0.05) is 18.8 Å². The zero-order chi connectivity index (χ0) is 21.3. The number of anilines is 1. The van der Waals surface area contributed by atoms with Crippen molar-refractivity contribution < 1.29 is 28.2 Å². The van der Waals surface area contributed by atoms with Gasteiger partial charge in [0.15, 0.2) is 11.6 Å². The average molecular weight is 421 g/mol. The first kappa shape index (κ1) is 19.3. The second-order valence-corrected chi connectivity index (χ2v) is 8.07. The predicted molar refractivity (Wildman–Crippen MR) is 104 cm³/mol. The summed E-state index contributed by atoms with van der Waals surface area (Å²) in [6.45, 7) is 0.0429. The molecule has 1 aliphatic carbocycles. The van der Waals surface area contributed by atoms with Gasteiger partial charge in [-0.1, -0.05) is 0 Å². The normalized spacial score (nSPS) is 28.2. The van der Waals surface area contributed by atoms with Gasteiger partial charge in [-0.25, -0.2) is 13.6 Å². The lowest BCUT2D eigenvalue weighted by Crippen LogP contribution is -2.40. The van der Waals surface area contributed by atoms with Gasteiger partial charge in [-0.2, -0.15) is 0 Å². The number of alkyl halides is 1. The predicted octanol–water partition coefficient (Wildman–Crippen LogP) is 1.44. The summed E-state index contributed by atoms with van der Waals surface area (Å²) in [6, 6.07) is -0.269. The van der Waals surface area contributed by atoms with Crippen LogP contribution < -0.4 is 20.8 Å². The van der Waals surface area contributed by atoms with E-state index in [-0.39, 0.29) is 36.0 Å². The quantitative estimate of drug-likeness (QED) is 0.769. The molecule has 2 aliphatic heterocycles. The van der Waals surface area contributed by atoms with Crippen molar-refractivity contribution in [3.8, 4) is 5.75 Å². The summed E-state index contributed by atoms with van der Waals surface area (Å²) in [5.74, 6) is -2.11. The molecule has 1 aromatic heterocycles. The van der Waals surface area contributed by atoms with Crippen LogP contribution in [0.2, 0.25) is 0 Å². The monoisotopic (exact) mass is 421 g/mol. The van der Waals surface area contributed by atoms with Crippen molar-refractivity contribution in [3.63, 3.8) is 0 Å². The van der Waals surface area contributed by atoms with Crippen LogP contribution in [-0.2, 0) is 4.74 Å². The molecule has 3 aliphatic rings. The molecule has 1 saturated carbocycles. The summed E-state index contributed by atoms with van der Waals surface area (Å²) in [7, 11) is 1.34. The summed E-state index contributed by atoms with van der Waals surface area (Å²) < 4.78 is 42.6. The van der Waals surface area contributed by atoms with Crippen LogP contribution in [0.4, 0.5) is 14.5 Å². The molecule has 5 rings (SSSR count). The fraction of sp³-hybridized carbons (Fsp3) is 0.500. The van der Waals surface area contributed by atoms with Gasteiger partial charge in [0.2, 0.25) is 5.43 Å². The molecule has 3 heterocycles. The number of nitrogens with zero attached hydrogens (tertiary/aromatic N) is 2. The molecule has 0 amide bonds. The molecule has 8 nitrogen and oxygen atoms in total. The van der Waals surface area contributed by atoms with Crippen molar-refractivity contribution in [1.29, 1.82) is 0 Å². The van der Waals surface area contributed by atoms with E-state index in [9.17, 15) is 19.1 Å². The Morgan fingerprint density at radius 3 is 2.77 bits per heavy atom. The number of carboxylic acids is 1. The number of aromatic nitrogens is 1. The number of benzene rings is 1. The SMILES string of the molecule is COc1c(N2CC(N)C3OCC(F)C32)c(F)cc2c(=O)c(C(=O)O)cn(C3CC3)c12. The topological polar surface area (TPSA) is 107 Å². The van der Waals surface area contributed by atoms with E-state index < -0.39 is 47.1 Å². The number of aromatic carboxylic acids is 1. The van der Waals surface area contributed by atoms with Crippen LogP contribution in [0.25, 0.3) is 10.9 Å². The average Bonchev–Trinajstić information content (AvgIpc) is 3.39. The highest BCUT2D eigenvalue weighted by molar-refractivity contribution is 5.97. The lowest BCUT2D eigenvalue weighted by molar-refractivity contribution is 0.0694. The molecular weight excluding hydrogens is 400 g/mol. The Hall–Kier alpha value is -2.72. The molecule has 2 saturated heterocycles. The van der Waals surface area contributed by atoms with Gasteiger partial charge in [0.1, 0.15) is 17.4 Å². The van der Waals surface area contributed by atoms with Crippen molar-refractivity contribution in [2.24, 2.45) is 5.73 Å². The Morgan fingerprint density at radius 2 is 2.13 bits per heavy atom. The zero-order valence-corrected chi connectivity index (χ0v) is 16.2. The van der Waals surface area contributed by atoms with Gasteiger partial charge >= 0.3 is 5.97 Å². The minimum absolute atomic E-state index is 0.0120. The van der Waals surface area contributed by atoms with Crippen LogP contribution in [-0.4, -0.2) is 60.3 Å². The first-order chi connectivity index (χ1) is 14.3. The van der Waals surface area contributed by atoms with Crippen LogP contribution >= 0.6 is 0 Å². The lowest BCUT2D eigenvalue weighted by Gasteiger charge is -2.29. The van der Waals surface area contributed by atoms with E-state index in [1.54, 1.807) is 4.57 Å². The van der Waals surface area contributed by atoms with E-state index in [0.717, 1.165) is 18.9 Å². The Morgan fingerprint density at radius 1 is 1.40 bits per heavy atom. The number of fused-ring (bicyclic) bond motifs is 2. The third-order valence-corrected chi connectivity index (χ3v) is 6.20. The highest BCUT2D eigenvalue weighted by Crippen LogP contribution is 2.46. The first-order valence-corrected chi connectivity index (χ1v) is 9.80. The van der Waals surface area contributed by atoms with Crippen LogP contribution in [0.3, 0.4) is 0 Å². The minimum Gasteiger partial charge on any atom is -0.492 e. The molecule has 0 bridgehead atoms. The van der Waals surface area contributed by atoms with Gasteiger partial charge in [-0.05, 0) is 18.9 Å². The number of hydrogen-bond donors (Lipinski definition) is 2. The van der Waals surface area contributed by atoms with E-state index in [1.165, 1.54) is 18.2 Å². The van der Waals surface area contributed by atoms with Gasteiger partial charge < -0.3 is 29.8 Å². The summed E-state index contributed by atoms with van der Waals surface area (Å²) >= 11 is 0. The van der Waals surface area contributed by atoms with Crippen molar-refractivity contribution in [2.75, 3.05) is 25.2 Å². The summed E-state index contributed by atoms with van der Waals surface area (Å²) in [6.07, 6.45) is 0.964. The number of methoxy groups -OCH3 is 1. The number of ether oxygens (including phenoxy) is 2. The molecule has 10 heteroatoms. The summed E-state index contributed by atoms with van der Waals surface area (Å²) in [5, 5.41) is 9.34. The van der Waals surface area contributed by atoms with Crippen molar-refractivity contribution in [2.45, 2.75) is 43.2 Å². The molecule has 3 fully saturated rings. The van der Waals surface area contributed by atoms with Crippen molar-refractivity contribution in [3.05, 3.63) is 33.9 Å². The Balaban J connectivity index is 1.80. The number of hydrogen-bond acceptors (Lipinski definition) is 6. The molecule has 1 aromatic carbocycles. The number of rotatable bonds is 4. The van der Waals surface area contributed by atoms with Gasteiger partial charge in [0.25, 0.3) is 0 Å². The fourth-order valence-electron chi connectivity index (χ4n) is 4.75. The van der Waals surface area contributed by atoms with Crippen molar-refractivity contribution in [1.82, 2.24) is 4.57 Å². The minimum atomic E-state index is -1.38. The first-order valence-electron chi connectivity index (χ1n) is 9.80. The molecule has 4 atom stereocenters. The molecule has 4 unspecified atom stereocenters. The van der Waals surface area contributed by atoms with Crippen molar-refractivity contribution >= 4 is 22.6 Å². The Labute approximate surface area is 169 Å². The van der Waals surface area contributed by atoms with Gasteiger partial charge in [-0.15, -0.1) is 0 Å². The van der Waals surface area contributed by atoms with Crippen LogP contribution in [0.15, 0.2) is 17.1 Å². The molecule has 0 radical (unpaired) electrons. The van der Waals surface area contributed by atoms with Crippen LogP contribution in [0, 0.1) is 5.82 Å². The lowest BCUT2D eigenvalue weighted by atomic mass is 10.1. The number of nitrogens with two attached hydrogens (primary N) is 1. The summed E-state index contributed by atoms with van der Waals surface area (Å²) in [5.41, 5.74) is 5.21. The number of carbonyl (C=O) groups is 1. The van der Waals surface area contributed by atoms with Gasteiger partial charge in [0.05, 0.1) is 42.8 Å². The number of pyridine rings is 1. The molecular formula is C20H21F2N3O5. The highest BCUT2D eigenvalue weighted by Gasteiger charge is 2.51. The van der Waals surface area contributed by atoms with E-state index in [1.807, 2.05) is 0 Å². The number of halogens is 2. The Kier molecular flexibility index (Phi) is 4.26. The molecule has 3 N–H and O–H groups in total. The molecule has 0 spiro atoms. The maximum atomic E-state index is 15.4. The van der Waals surface area contributed by atoms with Crippen LogP contribution in [0.5, 0.6) is 5.75 Å². The Bertz CT molecular complexity index is 1120. The third-order valence-electron chi connectivity index (χ3n) is 6.20. The zero-order valence-electron chi connectivity index (χ0n) is 16.2. The summed E-state index contributed by atoms with van der Waals surface area (Å²) in [4.78, 5) is 25.9. The smallest absolute Gasteiger partial charge is 0.341 e. The molecule has 30 heavy (non-hydrogen) atoms. The molecule has 2 aromatic rings. The maximum absolute atomic E-state index is 15.4. The van der Waals surface area contributed by atoms with E-state index in [4.69, 9.17) is 15.2 Å². The van der Waals surface area contributed by atoms with E-state index in [0.29, 0.717) is 5.52 Å². The second-order valence-electron chi connectivity index (χ2n) is 8.07. The largest absolute Gasteiger partial charge is 0.492 e. The number of carboxylic acid groups (broad SMARTS) is 1. The fourth-order valence-corrected chi connectivity index (χ4v) is 4.75. The van der Waals surface area contributed by atoms with E-state index in [2.05, 4.69) is 0 Å². The van der Waals surface area contributed by atoms with E-state index >= 15 is 4.39 Å². The maximum Gasteiger partial charge on any atom is 0.341 e.